The summed E-state index contributed by atoms with van der Waals surface area (Å²) in [6, 6.07) is 4.60. The molecule has 88 valence electrons. The quantitative estimate of drug-likeness (QED) is 0.927. The first kappa shape index (κ1) is 11.8. The molecule has 16 heavy (non-hydrogen) atoms. The second kappa shape index (κ2) is 4.69. The fourth-order valence-corrected chi connectivity index (χ4v) is 2.05. The fraction of sp³-hybridized carbons (Fsp3) is 0.455. The maximum Gasteiger partial charge on any atom is 0.166 e. The highest BCUT2D eigenvalue weighted by atomic mass is 79.9. The molecular weight excluding hydrogens is 279 g/mol. The van der Waals surface area contributed by atoms with E-state index in [1.54, 1.807) is 12.1 Å². The van der Waals surface area contributed by atoms with E-state index in [-0.39, 0.29) is 18.0 Å². The lowest BCUT2D eigenvalue weighted by atomic mass is 9.88. The summed E-state index contributed by atoms with van der Waals surface area (Å²) in [6.07, 6.45) is -0.708. The van der Waals surface area contributed by atoms with E-state index in [2.05, 4.69) is 15.9 Å². The Hall–Kier alpha value is -0.650. The normalized spacial score (nSPS) is 28.6. The second-order valence-corrected chi connectivity index (χ2v) is 4.65. The van der Waals surface area contributed by atoms with Gasteiger partial charge in [-0.25, -0.2) is 4.39 Å². The average Bonchev–Trinajstić information content (AvgIpc) is 2.21. The van der Waals surface area contributed by atoms with Crippen molar-refractivity contribution in [2.75, 3.05) is 7.11 Å². The Morgan fingerprint density at radius 1 is 1.50 bits per heavy atom. The van der Waals surface area contributed by atoms with Gasteiger partial charge in [0.25, 0.3) is 0 Å². The van der Waals surface area contributed by atoms with Crippen LogP contribution in [0, 0.1) is 5.82 Å². The van der Waals surface area contributed by atoms with E-state index >= 15 is 0 Å². The van der Waals surface area contributed by atoms with E-state index in [1.807, 2.05) is 0 Å². The molecule has 0 aromatic heterocycles. The molecule has 1 aliphatic carbocycles. The first-order valence-corrected chi connectivity index (χ1v) is 5.73. The Balaban J connectivity index is 2.04. The zero-order valence-electron chi connectivity index (χ0n) is 8.69. The van der Waals surface area contributed by atoms with Gasteiger partial charge in [-0.3, -0.25) is 0 Å². The summed E-state index contributed by atoms with van der Waals surface area (Å²) in [5.41, 5.74) is 0. The van der Waals surface area contributed by atoms with Gasteiger partial charge in [-0.1, -0.05) is 15.9 Å². The van der Waals surface area contributed by atoms with Crippen LogP contribution in [0.1, 0.15) is 6.42 Å². The Labute approximate surface area is 101 Å². The maximum atomic E-state index is 13.4. The highest BCUT2D eigenvalue weighted by molar-refractivity contribution is 9.10. The van der Waals surface area contributed by atoms with Crippen LogP contribution >= 0.6 is 15.9 Å². The van der Waals surface area contributed by atoms with Crippen LogP contribution in [0.2, 0.25) is 0 Å². The van der Waals surface area contributed by atoms with Gasteiger partial charge in [0.05, 0.1) is 6.10 Å². The number of hydrogen-bond donors (Lipinski definition) is 1. The van der Waals surface area contributed by atoms with E-state index in [1.165, 1.54) is 13.2 Å². The van der Waals surface area contributed by atoms with Crippen molar-refractivity contribution in [2.45, 2.75) is 24.7 Å². The van der Waals surface area contributed by atoms with Gasteiger partial charge in [-0.05, 0) is 18.2 Å². The Morgan fingerprint density at radius 2 is 2.25 bits per heavy atom. The molecule has 1 N–H and O–H groups in total. The summed E-state index contributed by atoms with van der Waals surface area (Å²) >= 11 is 3.17. The van der Waals surface area contributed by atoms with Gasteiger partial charge in [-0.15, -0.1) is 0 Å². The van der Waals surface area contributed by atoms with Crippen LogP contribution in [-0.2, 0) is 4.74 Å². The number of aliphatic hydroxyl groups is 1. The number of methoxy groups -OCH3 is 1. The smallest absolute Gasteiger partial charge is 0.166 e. The Kier molecular flexibility index (Phi) is 3.47. The van der Waals surface area contributed by atoms with Gasteiger partial charge in [0, 0.05) is 18.0 Å². The lowest BCUT2D eigenvalue weighted by molar-refractivity contribution is -0.149. The summed E-state index contributed by atoms with van der Waals surface area (Å²) in [7, 11) is 1.50. The predicted molar refractivity (Wildman–Crippen MR) is 59.9 cm³/mol. The topological polar surface area (TPSA) is 38.7 Å². The number of benzene rings is 1. The minimum absolute atomic E-state index is 0.183. The third kappa shape index (κ3) is 2.21. The van der Waals surface area contributed by atoms with Crippen LogP contribution in [-0.4, -0.2) is 30.5 Å². The van der Waals surface area contributed by atoms with Gasteiger partial charge < -0.3 is 14.6 Å². The summed E-state index contributed by atoms with van der Waals surface area (Å²) in [5, 5.41) is 9.36. The van der Waals surface area contributed by atoms with Gasteiger partial charge in [-0.2, -0.15) is 0 Å². The van der Waals surface area contributed by atoms with Gasteiger partial charge in [0.1, 0.15) is 12.2 Å². The molecular formula is C11H12BrFO3. The molecule has 0 aliphatic heterocycles. The third-order valence-corrected chi connectivity index (χ3v) is 3.16. The van der Waals surface area contributed by atoms with Crippen LogP contribution in [0.25, 0.3) is 0 Å². The van der Waals surface area contributed by atoms with Crippen LogP contribution < -0.4 is 4.74 Å². The van der Waals surface area contributed by atoms with E-state index in [9.17, 15) is 9.50 Å². The van der Waals surface area contributed by atoms with Gasteiger partial charge >= 0.3 is 0 Å². The number of ether oxygens (including phenoxy) is 2. The van der Waals surface area contributed by atoms with Crippen molar-refractivity contribution in [2.24, 2.45) is 0 Å². The number of aliphatic hydroxyl groups excluding tert-OH is 1. The molecule has 1 saturated carbocycles. The average molecular weight is 291 g/mol. The zero-order valence-corrected chi connectivity index (χ0v) is 10.3. The molecule has 1 aromatic carbocycles. The molecule has 0 heterocycles. The molecule has 0 radical (unpaired) electrons. The van der Waals surface area contributed by atoms with E-state index in [0.29, 0.717) is 10.9 Å². The largest absolute Gasteiger partial charge is 0.484 e. The number of halogens is 2. The van der Waals surface area contributed by atoms with Crippen LogP contribution in [0.15, 0.2) is 22.7 Å². The van der Waals surface area contributed by atoms with E-state index in [0.717, 1.165) is 0 Å². The molecule has 0 saturated heterocycles. The van der Waals surface area contributed by atoms with Crippen molar-refractivity contribution in [1.29, 1.82) is 0 Å². The molecule has 3 nitrogen and oxygen atoms in total. The standard InChI is InChI=1S/C11H12BrFO3/c1-15-11-8(14)5-10(11)16-9-3-2-6(12)4-7(9)13/h2-4,8,10-11,14H,5H2,1H3. The monoisotopic (exact) mass is 290 g/mol. The van der Waals surface area contributed by atoms with E-state index < -0.39 is 11.9 Å². The fourth-order valence-electron chi connectivity index (χ4n) is 1.72. The minimum atomic E-state index is -0.520. The molecule has 1 fully saturated rings. The first-order valence-electron chi connectivity index (χ1n) is 4.94. The first-order chi connectivity index (χ1) is 7.61. The van der Waals surface area contributed by atoms with Crippen molar-refractivity contribution >= 4 is 15.9 Å². The lowest BCUT2D eigenvalue weighted by Gasteiger charge is -2.39. The molecule has 2 rings (SSSR count). The zero-order chi connectivity index (χ0) is 11.7. The van der Waals surface area contributed by atoms with Crippen molar-refractivity contribution in [3.8, 4) is 5.75 Å². The maximum absolute atomic E-state index is 13.4. The van der Waals surface area contributed by atoms with Crippen LogP contribution in [0.3, 0.4) is 0 Å². The van der Waals surface area contributed by atoms with Crippen molar-refractivity contribution in [3.05, 3.63) is 28.5 Å². The second-order valence-electron chi connectivity index (χ2n) is 3.73. The summed E-state index contributed by atoms with van der Waals surface area (Å²) in [6.45, 7) is 0. The molecule has 3 atom stereocenters. The number of rotatable bonds is 3. The van der Waals surface area contributed by atoms with Crippen LogP contribution in [0.5, 0.6) is 5.75 Å². The summed E-state index contributed by atoms with van der Waals surface area (Å²) < 4.78 is 24.6. The Morgan fingerprint density at radius 3 is 2.81 bits per heavy atom. The lowest BCUT2D eigenvalue weighted by Crippen LogP contribution is -2.54. The van der Waals surface area contributed by atoms with Gasteiger partial charge in [0.15, 0.2) is 11.6 Å². The SMILES string of the molecule is COC1C(O)CC1Oc1ccc(Br)cc1F. The highest BCUT2D eigenvalue weighted by Crippen LogP contribution is 2.30. The third-order valence-electron chi connectivity index (χ3n) is 2.66. The van der Waals surface area contributed by atoms with E-state index in [4.69, 9.17) is 9.47 Å². The van der Waals surface area contributed by atoms with Crippen molar-refractivity contribution in [1.82, 2.24) is 0 Å². The summed E-state index contributed by atoms with van der Waals surface area (Å²) in [5.74, 6) is -0.243. The Bertz CT molecular complexity index is 385. The molecule has 5 heteroatoms. The number of hydrogen-bond acceptors (Lipinski definition) is 3. The molecule has 1 aliphatic rings. The van der Waals surface area contributed by atoms with Crippen molar-refractivity contribution < 1.29 is 19.0 Å². The molecule has 0 amide bonds. The molecule has 1 aromatic rings. The predicted octanol–water partition coefficient (Wildman–Crippen LogP) is 2.12. The minimum Gasteiger partial charge on any atom is -0.484 e. The van der Waals surface area contributed by atoms with Crippen LogP contribution in [0.4, 0.5) is 4.39 Å². The molecule has 3 unspecified atom stereocenters. The van der Waals surface area contributed by atoms with Gasteiger partial charge in [0.2, 0.25) is 0 Å². The molecule has 0 bridgehead atoms. The molecule has 0 spiro atoms. The summed E-state index contributed by atoms with van der Waals surface area (Å²) in [4.78, 5) is 0. The van der Waals surface area contributed by atoms with Crippen molar-refractivity contribution in [3.63, 3.8) is 0 Å². The highest BCUT2D eigenvalue weighted by Gasteiger charge is 2.42.